The van der Waals surface area contributed by atoms with Gasteiger partial charge in [-0.25, -0.2) is 4.98 Å². The minimum absolute atomic E-state index is 0.466. The summed E-state index contributed by atoms with van der Waals surface area (Å²) in [6, 6.07) is 3.30. The van der Waals surface area contributed by atoms with Gasteiger partial charge in [-0.3, -0.25) is 4.90 Å². The predicted molar refractivity (Wildman–Crippen MR) is 128 cm³/mol. The van der Waals surface area contributed by atoms with Crippen molar-refractivity contribution in [1.82, 2.24) is 14.9 Å². The van der Waals surface area contributed by atoms with Gasteiger partial charge in [0.15, 0.2) is 0 Å². The second kappa shape index (κ2) is 13.1. The molecule has 0 radical (unpaired) electrons. The third-order valence-electron chi connectivity index (χ3n) is 6.89. The molecule has 3 heterocycles. The van der Waals surface area contributed by atoms with Gasteiger partial charge in [-0.2, -0.15) is 4.98 Å². The summed E-state index contributed by atoms with van der Waals surface area (Å²) in [5.41, 5.74) is 0. The van der Waals surface area contributed by atoms with E-state index in [9.17, 15) is 0 Å². The lowest BCUT2D eigenvalue weighted by molar-refractivity contribution is 0.136. The molecule has 2 saturated heterocycles. The Morgan fingerprint density at radius 3 is 2.57 bits per heavy atom. The Balaban J connectivity index is 1.55. The van der Waals surface area contributed by atoms with E-state index < -0.39 is 0 Å². The number of piperidine rings is 1. The molecule has 1 aromatic rings. The molecule has 5 heteroatoms. The normalized spacial score (nSPS) is 21.9. The molecular weight excluding hydrogens is 370 g/mol. The van der Waals surface area contributed by atoms with Crippen molar-refractivity contribution in [3.63, 3.8) is 0 Å². The molecule has 170 valence electrons. The number of unbranched alkanes of at least 4 members (excludes halogenated alkanes) is 3. The van der Waals surface area contributed by atoms with Crippen LogP contribution in [0, 0.1) is 0 Å². The molecule has 0 spiro atoms. The SMILES string of the molecule is CCCCCCC(CCC)N1CCCC(Nc2nccc(N3CCCCCC3)n2)C1. The first kappa shape index (κ1) is 23.3. The molecule has 2 atom stereocenters. The number of rotatable bonds is 11. The van der Waals surface area contributed by atoms with Gasteiger partial charge in [0.25, 0.3) is 0 Å². The second-order valence-electron chi connectivity index (χ2n) is 9.41. The molecule has 0 aromatic carbocycles. The summed E-state index contributed by atoms with van der Waals surface area (Å²) in [5.74, 6) is 1.92. The van der Waals surface area contributed by atoms with Crippen molar-refractivity contribution in [2.45, 2.75) is 109 Å². The van der Waals surface area contributed by atoms with Crippen LogP contribution < -0.4 is 10.2 Å². The van der Waals surface area contributed by atoms with Crippen LogP contribution in [-0.4, -0.2) is 53.1 Å². The van der Waals surface area contributed by atoms with Crippen LogP contribution in [0.5, 0.6) is 0 Å². The molecular formula is C25H45N5. The average Bonchev–Trinajstić information content (AvgIpc) is 3.06. The Morgan fingerprint density at radius 1 is 0.967 bits per heavy atom. The van der Waals surface area contributed by atoms with Crippen molar-refractivity contribution < 1.29 is 0 Å². The first-order chi connectivity index (χ1) is 14.8. The average molecular weight is 416 g/mol. The van der Waals surface area contributed by atoms with Crippen molar-refractivity contribution in [2.75, 3.05) is 36.4 Å². The topological polar surface area (TPSA) is 44.3 Å². The minimum Gasteiger partial charge on any atom is -0.356 e. The first-order valence-electron chi connectivity index (χ1n) is 12.9. The van der Waals surface area contributed by atoms with Crippen molar-refractivity contribution in [3.05, 3.63) is 12.3 Å². The van der Waals surface area contributed by atoms with E-state index in [4.69, 9.17) is 4.98 Å². The Labute approximate surface area is 185 Å². The Hall–Kier alpha value is -1.36. The first-order valence-corrected chi connectivity index (χ1v) is 12.9. The van der Waals surface area contributed by atoms with Crippen molar-refractivity contribution in [1.29, 1.82) is 0 Å². The zero-order valence-electron chi connectivity index (χ0n) is 19.6. The summed E-state index contributed by atoms with van der Waals surface area (Å²) in [7, 11) is 0. The van der Waals surface area contributed by atoms with Gasteiger partial charge in [0.2, 0.25) is 5.95 Å². The van der Waals surface area contributed by atoms with Crippen molar-refractivity contribution in [2.24, 2.45) is 0 Å². The van der Waals surface area contributed by atoms with Crippen LogP contribution in [0.3, 0.4) is 0 Å². The van der Waals surface area contributed by atoms with E-state index >= 15 is 0 Å². The van der Waals surface area contributed by atoms with Crippen LogP contribution in [0.4, 0.5) is 11.8 Å². The van der Waals surface area contributed by atoms with E-state index in [-0.39, 0.29) is 0 Å². The number of hydrogen-bond acceptors (Lipinski definition) is 5. The quantitative estimate of drug-likeness (QED) is 0.458. The molecule has 1 N–H and O–H groups in total. The molecule has 0 aliphatic carbocycles. The van der Waals surface area contributed by atoms with Crippen LogP contribution in [0.2, 0.25) is 0 Å². The van der Waals surface area contributed by atoms with E-state index in [1.54, 1.807) is 0 Å². The number of likely N-dealkylation sites (tertiary alicyclic amines) is 1. The third kappa shape index (κ3) is 7.40. The van der Waals surface area contributed by atoms with E-state index in [1.165, 1.54) is 90.0 Å². The highest BCUT2D eigenvalue weighted by Crippen LogP contribution is 2.23. The van der Waals surface area contributed by atoms with Gasteiger partial charge in [0.05, 0.1) is 0 Å². The van der Waals surface area contributed by atoms with Gasteiger partial charge in [-0.15, -0.1) is 0 Å². The fourth-order valence-corrected chi connectivity index (χ4v) is 5.18. The predicted octanol–water partition coefficient (Wildman–Crippen LogP) is 5.87. The maximum absolute atomic E-state index is 4.89. The van der Waals surface area contributed by atoms with E-state index in [1.807, 2.05) is 6.20 Å². The maximum Gasteiger partial charge on any atom is 0.224 e. The monoisotopic (exact) mass is 415 g/mol. The standard InChI is InChI=1S/C25H45N5/c1-3-5-6-9-15-23(13-4-2)30-20-12-14-22(21-30)27-25-26-17-16-24(28-25)29-18-10-7-8-11-19-29/h16-17,22-23H,3-15,18-21H2,1-2H3,(H,26,27,28). The maximum atomic E-state index is 4.89. The molecule has 1 aromatic heterocycles. The third-order valence-corrected chi connectivity index (χ3v) is 6.89. The van der Waals surface area contributed by atoms with Crippen molar-refractivity contribution in [3.8, 4) is 0 Å². The van der Waals surface area contributed by atoms with Crippen LogP contribution >= 0.6 is 0 Å². The molecule has 2 aliphatic rings. The van der Waals surface area contributed by atoms with Crippen molar-refractivity contribution >= 4 is 11.8 Å². The minimum atomic E-state index is 0.466. The van der Waals surface area contributed by atoms with E-state index in [0.29, 0.717) is 6.04 Å². The van der Waals surface area contributed by atoms with Gasteiger partial charge in [-0.05, 0) is 51.1 Å². The van der Waals surface area contributed by atoms with Gasteiger partial charge < -0.3 is 10.2 Å². The van der Waals surface area contributed by atoms with Crippen LogP contribution in [-0.2, 0) is 0 Å². The second-order valence-corrected chi connectivity index (χ2v) is 9.41. The molecule has 0 amide bonds. The molecule has 0 bridgehead atoms. The Bertz CT molecular complexity index is 585. The zero-order chi connectivity index (χ0) is 21.0. The summed E-state index contributed by atoms with van der Waals surface area (Å²) in [6.45, 7) is 9.28. The number of nitrogens with one attached hydrogen (secondary N) is 1. The van der Waals surface area contributed by atoms with Crippen LogP contribution in [0.15, 0.2) is 12.3 Å². The fourth-order valence-electron chi connectivity index (χ4n) is 5.18. The lowest BCUT2D eigenvalue weighted by Gasteiger charge is -2.39. The largest absolute Gasteiger partial charge is 0.356 e. The van der Waals surface area contributed by atoms with Gasteiger partial charge in [0.1, 0.15) is 5.82 Å². The Kier molecular flexibility index (Phi) is 10.2. The van der Waals surface area contributed by atoms with Crippen LogP contribution in [0.1, 0.15) is 97.3 Å². The summed E-state index contributed by atoms with van der Waals surface area (Å²) < 4.78 is 0. The lowest BCUT2D eigenvalue weighted by atomic mass is 9.97. The molecule has 3 rings (SSSR count). The van der Waals surface area contributed by atoms with Gasteiger partial charge in [0, 0.05) is 37.9 Å². The van der Waals surface area contributed by atoms with Crippen LogP contribution in [0.25, 0.3) is 0 Å². The zero-order valence-corrected chi connectivity index (χ0v) is 19.6. The molecule has 0 saturated carbocycles. The number of anilines is 2. The smallest absolute Gasteiger partial charge is 0.224 e. The van der Waals surface area contributed by atoms with Gasteiger partial charge >= 0.3 is 0 Å². The molecule has 2 fully saturated rings. The van der Waals surface area contributed by atoms with Gasteiger partial charge in [-0.1, -0.05) is 58.8 Å². The summed E-state index contributed by atoms with van der Waals surface area (Å²) in [5, 5.41) is 3.69. The molecule has 30 heavy (non-hydrogen) atoms. The number of aromatic nitrogens is 2. The Morgan fingerprint density at radius 2 is 1.80 bits per heavy atom. The summed E-state index contributed by atoms with van der Waals surface area (Å²) in [6.07, 6.45) is 19.2. The fraction of sp³-hybridized carbons (Fsp3) is 0.840. The number of nitrogens with zero attached hydrogens (tertiary/aromatic N) is 4. The molecule has 2 aliphatic heterocycles. The number of hydrogen-bond donors (Lipinski definition) is 1. The highest BCUT2D eigenvalue weighted by atomic mass is 15.2. The summed E-state index contributed by atoms with van der Waals surface area (Å²) in [4.78, 5) is 14.7. The molecule has 5 nitrogen and oxygen atoms in total. The van der Waals surface area contributed by atoms with E-state index in [0.717, 1.165) is 37.4 Å². The highest BCUT2D eigenvalue weighted by molar-refractivity contribution is 5.43. The molecule has 2 unspecified atom stereocenters. The van der Waals surface area contributed by atoms with E-state index in [2.05, 4.69) is 40.0 Å². The summed E-state index contributed by atoms with van der Waals surface area (Å²) >= 11 is 0. The lowest BCUT2D eigenvalue weighted by Crippen LogP contribution is -2.47. The highest BCUT2D eigenvalue weighted by Gasteiger charge is 2.26.